The number of cyclic esters (lactones) is 1. The minimum absolute atomic E-state index is 0.00870. The number of fused-ring (bicyclic) bond motifs is 5. The Balaban J connectivity index is 1.55. The zero-order valence-electron chi connectivity index (χ0n) is 24.2. The first-order valence-corrected chi connectivity index (χ1v) is 14.3. The number of aliphatic hydroxyl groups is 2. The number of Topliss-reactive ketones (excluding diaryl/α,β-unsaturated/α-hetero) is 1. The van der Waals surface area contributed by atoms with Crippen molar-refractivity contribution in [3.8, 4) is 0 Å². The molecule has 3 heterocycles. The largest absolute Gasteiger partial charge is 0.472 e. The van der Waals surface area contributed by atoms with Crippen molar-refractivity contribution in [1.29, 1.82) is 0 Å². The SMILES string of the molecule is CCC(=O)OC1C(C)(C)C(C(O)C(=O)OC)C2(C)C(=O)C1(O)C1OC13C1CC(=O)OC(c4ccoc4)C1(C)CCC23. The smallest absolute Gasteiger partial charge is 0.335 e. The zero-order valence-corrected chi connectivity index (χ0v) is 24.2. The minimum Gasteiger partial charge on any atom is -0.472 e. The van der Waals surface area contributed by atoms with E-state index in [1.807, 2.05) is 6.92 Å². The van der Waals surface area contributed by atoms with Gasteiger partial charge in [-0.1, -0.05) is 34.6 Å². The lowest BCUT2D eigenvalue weighted by molar-refractivity contribution is -0.260. The number of esters is 3. The average molecular weight is 575 g/mol. The number of carbonyl (C=O) groups is 4. The van der Waals surface area contributed by atoms with Crippen LogP contribution in [0.5, 0.6) is 0 Å². The second kappa shape index (κ2) is 8.64. The Hall–Kier alpha value is -2.76. The molecule has 11 atom stereocenters. The van der Waals surface area contributed by atoms with Gasteiger partial charge in [0.25, 0.3) is 0 Å². The molecule has 0 aromatic carbocycles. The van der Waals surface area contributed by atoms with Crippen LogP contribution in [0.3, 0.4) is 0 Å². The molecule has 3 saturated carbocycles. The first-order valence-electron chi connectivity index (χ1n) is 14.3. The molecule has 3 aliphatic carbocycles. The van der Waals surface area contributed by atoms with Crippen LogP contribution < -0.4 is 0 Å². The molecule has 1 spiro atoms. The van der Waals surface area contributed by atoms with Crippen molar-refractivity contribution >= 4 is 23.7 Å². The summed E-state index contributed by atoms with van der Waals surface area (Å²) in [4.78, 5) is 53.3. The van der Waals surface area contributed by atoms with Crippen molar-refractivity contribution in [2.45, 2.75) is 95.9 Å². The van der Waals surface area contributed by atoms with E-state index in [2.05, 4.69) is 0 Å². The lowest BCUT2D eigenvalue weighted by Gasteiger charge is -2.67. The van der Waals surface area contributed by atoms with Gasteiger partial charge in [-0.15, -0.1) is 0 Å². The summed E-state index contributed by atoms with van der Waals surface area (Å²) in [5.41, 5.74) is -6.17. The second-order valence-corrected chi connectivity index (χ2v) is 13.6. The monoisotopic (exact) mass is 574 g/mol. The van der Waals surface area contributed by atoms with Gasteiger partial charge in [-0.05, 0) is 18.9 Å². The van der Waals surface area contributed by atoms with Crippen molar-refractivity contribution in [3.05, 3.63) is 24.2 Å². The fraction of sp³-hybridized carbons (Fsp3) is 0.733. The van der Waals surface area contributed by atoms with E-state index in [-0.39, 0.29) is 12.8 Å². The average Bonchev–Trinajstić information content (AvgIpc) is 3.41. The molecule has 5 aliphatic rings. The van der Waals surface area contributed by atoms with Crippen molar-refractivity contribution in [2.24, 2.45) is 34.0 Å². The van der Waals surface area contributed by atoms with Gasteiger partial charge >= 0.3 is 17.9 Å². The number of ether oxygens (including phenoxy) is 4. The number of methoxy groups -OCH3 is 1. The third kappa shape index (κ3) is 3.25. The molecule has 2 saturated heterocycles. The van der Waals surface area contributed by atoms with Crippen LogP contribution in [0.1, 0.15) is 72.0 Å². The number of carbonyl (C=O) groups excluding carboxylic acids is 4. The maximum absolute atomic E-state index is 14.6. The van der Waals surface area contributed by atoms with Crippen molar-refractivity contribution in [1.82, 2.24) is 0 Å². The van der Waals surface area contributed by atoms with Crippen molar-refractivity contribution in [2.75, 3.05) is 7.11 Å². The Morgan fingerprint density at radius 1 is 1.17 bits per heavy atom. The molecule has 41 heavy (non-hydrogen) atoms. The van der Waals surface area contributed by atoms with Crippen LogP contribution in [-0.2, 0) is 38.1 Å². The number of ketones is 1. The Bertz CT molecular complexity index is 1300. The van der Waals surface area contributed by atoms with Gasteiger partial charge in [0.2, 0.25) is 0 Å². The van der Waals surface area contributed by atoms with E-state index >= 15 is 0 Å². The van der Waals surface area contributed by atoms with Crippen LogP contribution in [0.15, 0.2) is 23.0 Å². The first kappa shape index (κ1) is 28.4. The van der Waals surface area contributed by atoms with Crippen LogP contribution in [0.2, 0.25) is 0 Å². The number of hydrogen-bond donors (Lipinski definition) is 2. The standard InChI is InChI=1S/C30H38O11/c1-7-17(31)40-24-26(2,3)20(19(33)22(34)37-6)28(5)15-8-10-27(4)16(30(15)25(41-30)29(24,36)23(28)35)12-18(32)39-21(27)14-9-11-38-13-14/h9,11,13,15-16,19-21,24-25,33,36H,7-8,10,12H2,1-6H3. The highest BCUT2D eigenvalue weighted by Gasteiger charge is 2.91. The van der Waals surface area contributed by atoms with Gasteiger partial charge in [0, 0.05) is 46.0 Å². The highest BCUT2D eigenvalue weighted by atomic mass is 16.6. The third-order valence-electron chi connectivity index (χ3n) is 11.4. The summed E-state index contributed by atoms with van der Waals surface area (Å²) in [5.74, 6) is -4.82. The maximum Gasteiger partial charge on any atom is 0.335 e. The van der Waals surface area contributed by atoms with E-state index in [1.54, 1.807) is 40.0 Å². The highest BCUT2D eigenvalue weighted by Crippen LogP contribution is 2.78. The Labute approximate surface area is 237 Å². The van der Waals surface area contributed by atoms with E-state index < -0.39 is 93.3 Å². The van der Waals surface area contributed by atoms with Gasteiger partial charge in [-0.25, -0.2) is 4.79 Å². The third-order valence-corrected chi connectivity index (χ3v) is 11.4. The predicted molar refractivity (Wildman–Crippen MR) is 138 cm³/mol. The molecule has 0 radical (unpaired) electrons. The summed E-state index contributed by atoms with van der Waals surface area (Å²) in [5, 5.41) is 24.0. The Morgan fingerprint density at radius 2 is 1.88 bits per heavy atom. The summed E-state index contributed by atoms with van der Waals surface area (Å²) in [6.07, 6.45) is -0.897. The van der Waals surface area contributed by atoms with Gasteiger partial charge in [0.05, 0.1) is 26.1 Å². The normalized spacial score (nSPS) is 46.2. The van der Waals surface area contributed by atoms with Gasteiger partial charge < -0.3 is 33.6 Å². The molecule has 0 amide bonds. The summed E-state index contributed by atoms with van der Waals surface area (Å²) in [7, 11) is 1.15. The number of rotatable bonds is 5. The predicted octanol–water partition coefficient (Wildman–Crippen LogP) is 2.27. The molecule has 11 heteroatoms. The molecule has 2 N–H and O–H groups in total. The van der Waals surface area contributed by atoms with Gasteiger partial charge in [-0.3, -0.25) is 14.4 Å². The molecule has 6 rings (SSSR count). The van der Waals surface area contributed by atoms with Crippen LogP contribution in [0, 0.1) is 34.0 Å². The summed E-state index contributed by atoms with van der Waals surface area (Å²) in [6, 6.07) is 1.75. The molecule has 11 unspecified atom stereocenters. The molecule has 11 nitrogen and oxygen atoms in total. The quantitative estimate of drug-likeness (QED) is 0.301. The van der Waals surface area contributed by atoms with E-state index in [4.69, 9.17) is 23.4 Å². The fourth-order valence-electron chi connectivity index (χ4n) is 9.85. The fourth-order valence-corrected chi connectivity index (χ4v) is 9.85. The summed E-state index contributed by atoms with van der Waals surface area (Å²) >= 11 is 0. The van der Waals surface area contributed by atoms with Crippen molar-refractivity contribution < 1.29 is 52.8 Å². The van der Waals surface area contributed by atoms with Gasteiger partial charge in [0.1, 0.15) is 23.9 Å². The van der Waals surface area contributed by atoms with E-state index in [0.717, 1.165) is 7.11 Å². The van der Waals surface area contributed by atoms with E-state index in [9.17, 15) is 29.4 Å². The number of furan rings is 1. The van der Waals surface area contributed by atoms with Crippen LogP contribution in [0.25, 0.3) is 0 Å². The number of hydrogen-bond acceptors (Lipinski definition) is 11. The lowest BCUT2D eigenvalue weighted by Crippen LogP contribution is -2.81. The van der Waals surface area contributed by atoms with Crippen LogP contribution >= 0.6 is 0 Å². The van der Waals surface area contributed by atoms with Gasteiger partial charge in [0.15, 0.2) is 17.5 Å². The summed E-state index contributed by atoms with van der Waals surface area (Å²) < 4.78 is 28.5. The molecular formula is C30H38O11. The molecule has 2 bridgehead atoms. The molecular weight excluding hydrogens is 536 g/mol. The second-order valence-electron chi connectivity index (χ2n) is 13.6. The van der Waals surface area contributed by atoms with Gasteiger partial charge in [-0.2, -0.15) is 0 Å². The van der Waals surface area contributed by atoms with Crippen LogP contribution in [0.4, 0.5) is 0 Å². The Kier molecular flexibility index (Phi) is 5.98. The molecule has 1 aromatic heterocycles. The highest BCUT2D eigenvalue weighted by molar-refractivity contribution is 5.99. The Morgan fingerprint density at radius 3 is 2.49 bits per heavy atom. The van der Waals surface area contributed by atoms with E-state index in [0.29, 0.717) is 18.4 Å². The number of epoxide rings is 1. The topological polar surface area (TPSA) is 162 Å². The maximum atomic E-state index is 14.6. The molecule has 224 valence electrons. The van der Waals surface area contributed by atoms with Crippen molar-refractivity contribution in [3.63, 3.8) is 0 Å². The van der Waals surface area contributed by atoms with E-state index in [1.165, 1.54) is 6.26 Å². The van der Waals surface area contributed by atoms with Crippen LogP contribution in [-0.4, -0.2) is 70.5 Å². The zero-order chi connectivity index (χ0) is 29.9. The molecule has 2 aliphatic heterocycles. The number of aliphatic hydroxyl groups excluding tert-OH is 1. The minimum atomic E-state index is -2.28. The molecule has 5 fully saturated rings. The summed E-state index contributed by atoms with van der Waals surface area (Å²) in [6.45, 7) is 8.64. The molecule has 1 aromatic rings. The first-order chi connectivity index (χ1) is 19.2. The lowest BCUT2D eigenvalue weighted by atomic mass is 9.36.